The van der Waals surface area contributed by atoms with Crippen LogP contribution in [0.4, 0.5) is 0 Å². The Kier molecular flexibility index (Phi) is 4.57. The maximum atomic E-state index is 6.93. The highest BCUT2D eigenvalue weighted by atomic mass is 35.5. The average molecular weight is 550 g/mol. The van der Waals surface area contributed by atoms with Gasteiger partial charge in [0, 0.05) is 42.7 Å². The fraction of sp³-hybridized carbons (Fsp3) is 0. The number of thiophene rings is 1. The molecule has 0 amide bonds. The molecule has 6 aromatic carbocycles. The van der Waals surface area contributed by atoms with Crippen molar-refractivity contribution in [2.45, 2.75) is 0 Å². The van der Waals surface area contributed by atoms with E-state index in [1.54, 1.807) is 11.3 Å². The first-order valence-corrected chi connectivity index (χ1v) is 14.5. The number of halogens is 1. The molecule has 0 saturated carbocycles. The quantitative estimate of drug-likeness (QED) is 0.210. The van der Waals surface area contributed by atoms with Crippen LogP contribution in [0, 0.1) is 0 Å². The first kappa shape index (κ1) is 22.3. The van der Waals surface area contributed by atoms with Crippen LogP contribution in [0.25, 0.3) is 80.7 Å². The van der Waals surface area contributed by atoms with Gasteiger partial charge in [0.2, 0.25) is 0 Å². The van der Waals surface area contributed by atoms with Crippen LogP contribution in [0.15, 0.2) is 126 Å². The molecule has 0 N–H and O–H groups in total. The molecule has 0 bridgehead atoms. The molecule has 0 unspecified atom stereocenters. The molecule has 40 heavy (non-hydrogen) atoms. The molecule has 0 aliphatic carbocycles. The van der Waals surface area contributed by atoms with Gasteiger partial charge in [-0.3, -0.25) is 0 Å². The lowest BCUT2D eigenvalue weighted by molar-refractivity contribution is 0.673. The molecular weight excluding hydrogens is 530 g/mol. The fourth-order valence-corrected chi connectivity index (χ4v) is 7.70. The van der Waals surface area contributed by atoms with Crippen LogP contribution in [0.5, 0.6) is 0 Å². The van der Waals surface area contributed by atoms with Crippen molar-refractivity contribution >= 4 is 86.9 Å². The van der Waals surface area contributed by atoms with Crippen LogP contribution in [0.2, 0.25) is 5.02 Å². The van der Waals surface area contributed by atoms with E-state index in [2.05, 4.69) is 114 Å². The van der Waals surface area contributed by atoms with E-state index < -0.39 is 0 Å². The number of hydrogen-bond donors (Lipinski definition) is 0. The molecule has 188 valence electrons. The summed E-state index contributed by atoms with van der Waals surface area (Å²) in [6, 6.07) is 43.0. The number of benzene rings is 6. The first-order valence-electron chi connectivity index (χ1n) is 13.3. The van der Waals surface area contributed by atoms with Crippen LogP contribution in [-0.2, 0) is 0 Å². The third kappa shape index (κ3) is 3.05. The summed E-state index contributed by atoms with van der Waals surface area (Å²) in [7, 11) is 0. The molecule has 9 aromatic rings. The molecular formula is C36H20ClNOS. The second-order valence-corrected chi connectivity index (χ2v) is 11.7. The van der Waals surface area contributed by atoms with E-state index in [1.165, 1.54) is 26.5 Å². The Labute approximate surface area is 238 Å². The number of para-hydroxylation sites is 3. The summed E-state index contributed by atoms with van der Waals surface area (Å²) in [6.07, 6.45) is 0. The number of nitrogens with zero attached hydrogens (tertiary/aromatic N) is 1. The van der Waals surface area contributed by atoms with Crippen LogP contribution < -0.4 is 0 Å². The summed E-state index contributed by atoms with van der Waals surface area (Å²) in [6.45, 7) is 0. The van der Waals surface area contributed by atoms with Gasteiger partial charge >= 0.3 is 0 Å². The van der Waals surface area contributed by atoms with Gasteiger partial charge in [0.15, 0.2) is 0 Å². The van der Waals surface area contributed by atoms with Crippen molar-refractivity contribution in [2.75, 3.05) is 0 Å². The molecule has 0 radical (unpaired) electrons. The van der Waals surface area contributed by atoms with E-state index in [-0.39, 0.29) is 0 Å². The van der Waals surface area contributed by atoms with E-state index in [0.29, 0.717) is 0 Å². The summed E-state index contributed by atoms with van der Waals surface area (Å²) >= 11 is 8.66. The highest BCUT2D eigenvalue weighted by Crippen LogP contribution is 2.45. The molecule has 0 fully saturated rings. The van der Waals surface area contributed by atoms with Gasteiger partial charge in [0.05, 0.1) is 20.8 Å². The van der Waals surface area contributed by atoms with Crippen LogP contribution in [-0.4, -0.2) is 4.57 Å². The van der Waals surface area contributed by atoms with Crippen molar-refractivity contribution in [3.63, 3.8) is 0 Å². The second-order valence-electron chi connectivity index (χ2n) is 10.3. The summed E-state index contributed by atoms with van der Waals surface area (Å²) in [5, 5.41) is 7.85. The maximum absolute atomic E-state index is 6.93. The van der Waals surface area contributed by atoms with Crippen LogP contribution >= 0.6 is 22.9 Å². The van der Waals surface area contributed by atoms with Gasteiger partial charge in [-0.2, -0.15) is 0 Å². The van der Waals surface area contributed by atoms with Gasteiger partial charge in [-0.1, -0.05) is 78.3 Å². The Hall–Kier alpha value is -4.57. The van der Waals surface area contributed by atoms with E-state index >= 15 is 0 Å². The third-order valence-corrected chi connectivity index (χ3v) is 9.69. The lowest BCUT2D eigenvalue weighted by Gasteiger charge is -2.10. The summed E-state index contributed by atoms with van der Waals surface area (Å²) in [5.74, 6) is 0. The maximum Gasteiger partial charge on any atom is 0.144 e. The lowest BCUT2D eigenvalue weighted by Crippen LogP contribution is -1.93. The molecule has 9 rings (SSSR count). The Morgan fingerprint density at radius 1 is 0.575 bits per heavy atom. The Morgan fingerprint density at radius 2 is 1.25 bits per heavy atom. The molecule has 4 heteroatoms. The normalized spacial score (nSPS) is 12.1. The zero-order valence-corrected chi connectivity index (χ0v) is 22.8. The summed E-state index contributed by atoms with van der Waals surface area (Å²) in [4.78, 5) is 0. The topological polar surface area (TPSA) is 18.1 Å². The molecule has 3 heterocycles. The van der Waals surface area contributed by atoms with E-state index in [4.69, 9.17) is 16.0 Å². The Balaban J connectivity index is 1.23. The van der Waals surface area contributed by atoms with Crippen molar-refractivity contribution in [3.8, 4) is 16.8 Å². The second kappa shape index (κ2) is 8.22. The third-order valence-electron chi connectivity index (χ3n) is 8.07. The van der Waals surface area contributed by atoms with Crippen molar-refractivity contribution in [2.24, 2.45) is 0 Å². The highest BCUT2D eigenvalue weighted by Gasteiger charge is 2.18. The van der Waals surface area contributed by atoms with E-state index in [0.717, 1.165) is 59.2 Å². The first-order chi connectivity index (χ1) is 19.7. The minimum Gasteiger partial charge on any atom is -0.455 e. The minimum atomic E-state index is 0.768. The zero-order chi connectivity index (χ0) is 26.4. The van der Waals surface area contributed by atoms with Gasteiger partial charge in [-0.15, -0.1) is 11.3 Å². The SMILES string of the molecule is Clc1cc(-c2ccc(-n3c4ccccc4c4ccccc43)cc2)cc2c1sc1ccc3c4ccccc4oc3c12. The molecule has 3 aromatic heterocycles. The molecule has 0 aliphatic heterocycles. The number of aromatic nitrogens is 1. The van der Waals surface area contributed by atoms with Crippen molar-refractivity contribution < 1.29 is 4.42 Å². The van der Waals surface area contributed by atoms with Gasteiger partial charge in [0.1, 0.15) is 11.2 Å². The van der Waals surface area contributed by atoms with Crippen molar-refractivity contribution in [1.82, 2.24) is 4.57 Å². The average Bonchev–Trinajstić information content (AvgIpc) is 3.67. The van der Waals surface area contributed by atoms with Gasteiger partial charge in [-0.05, 0) is 65.7 Å². The minimum absolute atomic E-state index is 0.768. The van der Waals surface area contributed by atoms with Gasteiger partial charge in [0.25, 0.3) is 0 Å². The van der Waals surface area contributed by atoms with E-state index in [1.807, 2.05) is 12.1 Å². The predicted octanol–water partition coefficient (Wildman–Crippen LogP) is 11.4. The largest absolute Gasteiger partial charge is 0.455 e. The van der Waals surface area contributed by atoms with E-state index in [9.17, 15) is 0 Å². The number of fused-ring (bicyclic) bond motifs is 10. The Bertz CT molecular complexity index is 2390. The van der Waals surface area contributed by atoms with Crippen molar-refractivity contribution in [3.05, 3.63) is 126 Å². The van der Waals surface area contributed by atoms with Gasteiger partial charge < -0.3 is 8.98 Å². The summed E-state index contributed by atoms with van der Waals surface area (Å²) < 4.78 is 11.0. The number of furan rings is 1. The smallest absolute Gasteiger partial charge is 0.144 e. The Morgan fingerprint density at radius 3 is 2.00 bits per heavy atom. The molecule has 0 aliphatic rings. The van der Waals surface area contributed by atoms with Gasteiger partial charge in [-0.25, -0.2) is 0 Å². The number of rotatable bonds is 2. The predicted molar refractivity (Wildman–Crippen MR) is 171 cm³/mol. The summed E-state index contributed by atoms with van der Waals surface area (Å²) in [5.41, 5.74) is 7.62. The van der Waals surface area contributed by atoms with Crippen LogP contribution in [0.3, 0.4) is 0 Å². The highest BCUT2D eigenvalue weighted by molar-refractivity contribution is 7.26. The zero-order valence-electron chi connectivity index (χ0n) is 21.2. The molecule has 0 saturated heterocycles. The van der Waals surface area contributed by atoms with Crippen LogP contribution in [0.1, 0.15) is 0 Å². The number of hydrogen-bond acceptors (Lipinski definition) is 2. The molecule has 0 spiro atoms. The lowest BCUT2D eigenvalue weighted by atomic mass is 10.0. The molecule has 0 atom stereocenters. The monoisotopic (exact) mass is 549 g/mol. The van der Waals surface area contributed by atoms with Crippen molar-refractivity contribution in [1.29, 1.82) is 0 Å². The fourth-order valence-electron chi connectivity index (χ4n) is 6.27. The standard InChI is InChI=1S/C36H20ClNOS/c37-29-20-22(19-28-34-33(40-36(28)29)18-17-27-26-9-3-6-12-32(26)39-35(27)34)21-13-15-23(16-14-21)38-30-10-4-1-7-24(30)25-8-2-5-11-31(25)38/h1-20H. The molecule has 2 nitrogen and oxygen atoms in total.